The highest BCUT2D eigenvalue weighted by Gasteiger charge is 2.45. The van der Waals surface area contributed by atoms with E-state index in [0.29, 0.717) is 24.3 Å². The van der Waals surface area contributed by atoms with Gasteiger partial charge < -0.3 is 39.7 Å². The minimum atomic E-state index is -1.53. The van der Waals surface area contributed by atoms with Gasteiger partial charge in [0.1, 0.15) is 30.2 Å². The summed E-state index contributed by atoms with van der Waals surface area (Å²) in [5.41, 5.74) is 2.15. The van der Waals surface area contributed by atoms with Crippen molar-refractivity contribution in [3.63, 3.8) is 0 Å². The van der Waals surface area contributed by atoms with Gasteiger partial charge in [0, 0.05) is 0 Å². The first kappa shape index (κ1) is 23.9. The maximum atomic E-state index is 10.3. The average Bonchev–Trinajstić information content (AvgIpc) is 2.83. The van der Waals surface area contributed by atoms with Gasteiger partial charge in [-0.15, -0.1) is 0 Å². The van der Waals surface area contributed by atoms with Crippen LogP contribution in [0.4, 0.5) is 0 Å². The van der Waals surface area contributed by atoms with Crippen molar-refractivity contribution in [2.45, 2.75) is 75.3 Å². The molecule has 8 nitrogen and oxygen atoms in total. The highest BCUT2D eigenvalue weighted by molar-refractivity contribution is 5.46. The van der Waals surface area contributed by atoms with Gasteiger partial charge in [0.05, 0.1) is 12.7 Å². The van der Waals surface area contributed by atoms with Gasteiger partial charge in [-0.25, -0.2) is 0 Å². The van der Waals surface area contributed by atoms with E-state index in [1.54, 1.807) is 6.07 Å². The molecular formula is C25H32O8. The molecule has 3 heterocycles. The SMILES string of the molecule is OC[C@H]1O[C@H](Oc2ccc3cc2Oc2ccc(cc2)CCCC[C@@H](O)CC3)[C@H](O)[C@@H](O)[C@H]1O. The zero-order valence-corrected chi connectivity index (χ0v) is 18.4. The molecule has 2 aromatic rings. The molecule has 0 radical (unpaired) electrons. The van der Waals surface area contributed by atoms with Crippen LogP contribution in [0.15, 0.2) is 42.5 Å². The molecule has 0 amide bonds. The Labute approximate surface area is 193 Å². The van der Waals surface area contributed by atoms with E-state index in [1.165, 1.54) is 5.56 Å². The first-order valence-corrected chi connectivity index (χ1v) is 11.5. The molecule has 3 aliphatic heterocycles. The molecule has 4 bridgehead atoms. The quantitative estimate of drug-likeness (QED) is 0.468. The van der Waals surface area contributed by atoms with Crippen LogP contribution in [-0.2, 0) is 17.6 Å². The molecule has 33 heavy (non-hydrogen) atoms. The number of benzene rings is 2. The number of aliphatic hydroxyl groups is 5. The monoisotopic (exact) mass is 460 g/mol. The van der Waals surface area contributed by atoms with Crippen LogP contribution in [0.1, 0.15) is 36.8 Å². The summed E-state index contributed by atoms with van der Waals surface area (Å²) in [6.07, 6.45) is -2.29. The zero-order chi connectivity index (χ0) is 23.4. The molecule has 1 saturated heterocycles. The molecule has 6 atom stereocenters. The van der Waals surface area contributed by atoms with Crippen LogP contribution in [0.25, 0.3) is 0 Å². The number of fused-ring (bicyclic) bond motifs is 8. The second-order valence-electron chi connectivity index (χ2n) is 8.78. The van der Waals surface area contributed by atoms with Crippen LogP contribution in [-0.4, -0.2) is 68.9 Å². The van der Waals surface area contributed by atoms with Gasteiger partial charge in [-0.1, -0.05) is 24.6 Å². The minimum absolute atomic E-state index is 0.275. The number of aryl methyl sites for hydroxylation is 2. The molecular weight excluding hydrogens is 428 g/mol. The Kier molecular flexibility index (Phi) is 7.85. The third-order valence-electron chi connectivity index (χ3n) is 6.27. The number of hydrogen-bond donors (Lipinski definition) is 5. The van der Waals surface area contributed by atoms with E-state index in [4.69, 9.17) is 14.2 Å². The number of aliphatic hydroxyl groups excluding tert-OH is 5. The minimum Gasteiger partial charge on any atom is -0.458 e. The van der Waals surface area contributed by atoms with Gasteiger partial charge in [-0.05, 0) is 67.5 Å². The molecule has 5 N–H and O–H groups in total. The molecule has 0 spiro atoms. The van der Waals surface area contributed by atoms with Crippen molar-refractivity contribution in [3.8, 4) is 17.2 Å². The van der Waals surface area contributed by atoms with E-state index in [-0.39, 0.29) is 11.9 Å². The molecule has 0 saturated carbocycles. The van der Waals surface area contributed by atoms with Crippen LogP contribution in [0.2, 0.25) is 0 Å². The number of ether oxygens (including phenoxy) is 3. The van der Waals surface area contributed by atoms with Crippen molar-refractivity contribution in [2.75, 3.05) is 6.61 Å². The highest BCUT2D eigenvalue weighted by Crippen LogP contribution is 2.36. The van der Waals surface area contributed by atoms with Gasteiger partial charge in [0.2, 0.25) is 6.29 Å². The van der Waals surface area contributed by atoms with Crippen LogP contribution in [0.3, 0.4) is 0 Å². The maximum absolute atomic E-state index is 10.3. The van der Waals surface area contributed by atoms with Crippen molar-refractivity contribution in [2.24, 2.45) is 0 Å². The Balaban J connectivity index is 1.60. The van der Waals surface area contributed by atoms with Gasteiger partial charge in [0.15, 0.2) is 11.5 Å². The van der Waals surface area contributed by atoms with Gasteiger partial charge in [-0.3, -0.25) is 0 Å². The topological polar surface area (TPSA) is 129 Å². The summed E-state index contributed by atoms with van der Waals surface area (Å²) in [7, 11) is 0. The lowest BCUT2D eigenvalue weighted by Gasteiger charge is -2.39. The Morgan fingerprint density at radius 1 is 0.818 bits per heavy atom. The van der Waals surface area contributed by atoms with E-state index in [1.807, 2.05) is 36.4 Å². The summed E-state index contributed by atoms with van der Waals surface area (Å²) in [6, 6.07) is 13.1. The average molecular weight is 461 g/mol. The molecule has 0 unspecified atom stereocenters. The molecule has 5 rings (SSSR count). The first-order valence-electron chi connectivity index (χ1n) is 11.5. The summed E-state index contributed by atoms with van der Waals surface area (Å²) in [4.78, 5) is 0. The standard InChI is InChI=1S/C25H32O8/c26-14-21-22(28)23(29)24(30)25(33-21)32-19-12-8-16-5-9-17(27)4-2-1-3-15-6-10-18(11-7-15)31-20(19)13-16/h6-8,10-13,17,21-30H,1-5,9,14H2/t17-,21-,22+,23+,24-,25+/m1/s1. The predicted molar refractivity (Wildman–Crippen MR) is 119 cm³/mol. The summed E-state index contributed by atoms with van der Waals surface area (Å²) in [5.74, 6) is 1.28. The molecule has 0 aromatic heterocycles. The molecule has 8 heteroatoms. The molecule has 0 aliphatic carbocycles. The van der Waals surface area contributed by atoms with E-state index in [2.05, 4.69) is 0 Å². The molecule has 2 aromatic carbocycles. The first-order chi connectivity index (χ1) is 15.9. The van der Waals surface area contributed by atoms with Gasteiger partial charge >= 0.3 is 0 Å². The fourth-order valence-corrected chi connectivity index (χ4v) is 4.21. The number of hydrogen-bond acceptors (Lipinski definition) is 8. The van der Waals surface area contributed by atoms with Crippen molar-refractivity contribution in [3.05, 3.63) is 53.6 Å². The molecule has 1 fully saturated rings. The number of rotatable bonds is 3. The lowest BCUT2D eigenvalue weighted by atomic mass is 9.99. The van der Waals surface area contributed by atoms with Crippen molar-refractivity contribution in [1.29, 1.82) is 0 Å². The van der Waals surface area contributed by atoms with Crippen molar-refractivity contribution in [1.82, 2.24) is 0 Å². The lowest BCUT2D eigenvalue weighted by molar-refractivity contribution is -0.277. The third kappa shape index (κ3) is 5.84. The van der Waals surface area contributed by atoms with E-state index in [9.17, 15) is 25.5 Å². The Morgan fingerprint density at radius 2 is 1.58 bits per heavy atom. The highest BCUT2D eigenvalue weighted by atomic mass is 16.7. The maximum Gasteiger partial charge on any atom is 0.229 e. The van der Waals surface area contributed by atoms with E-state index in [0.717, 1.165) is 31.2 Å². The summed E-state index contributed by atoms with van der Waals surface area (Å²) >= 11 is 0. The van der Waals surface area contributed by atoms with Crippen LogP contribution >= 0.6 is 0 Å². The second kappa shape index (κ2) is 10.8. The fraction of sp³-hybridized carbons (Fsp3) is 0.520. The Hall–Kier alpha value is -2.20. The van der Waals surface area contributed by atoms with Gasteiger partial charge in [0.25, 0.3) is 0 Å². The van der Waals surface area contributed by atoms with E-state index < -0.39 is 37.3 Å². The zero-order valence-electron chi connectivity index (χ0n) is 18.4. The lowest BCUT2D eigenvalue weighted by Crippen LogP contribution is -2.60. The van der Waals surface area contributed by atoms with Crippen LogP contribution in [0, 0.1) is 0 Å². The smallest absolute Gasteiger partial charge is 0.229 e. The summed E-state index contributed by atoms with van der Waals surface area (Å²) in [5, 5.41) is 50.2. The Morgan fingerprint density at radius 3 is 2.33 bits per heavy atom. The van der Waals surface area contributed by atoms with Crippen molar-refractivity contribution >= 4 is 0 Å². The predicted octanol–water partition coefficient (Wildman–Crippen LogP) is 1.68. The Bertz CT molecular complexity index is 900. The largest absolute Gasteiger partial charge is 0.458 e. The molecule has 3 aliphatic rings. The summed E-state index contributed by atoms with van der Waals surface area (Å²) < 4.78 is 17.4. The molecule has 180 valence electrons. The normalized spacial score (nSPS) is 30.7. The van der Waals surface area contributed by atoms with E-state index >= 15 is 0 Å². The second-order valence-corrected chi connectivity index (χ2v) is 8.78. The summed E-state index contributed by atoms with van der Waals surface area (Å²) in [6.45, 7) is -0.540. The van der Waals surface area contributed by atoms with Crippen molar-refractivity contribution < 1.29 is 39.7 Å². The van der Waals surface area contributed by atoms with Crippen LogP contribution in [0.5, 0.6) is 17.2 Å². The van der Waals surface area contributed by atoms with Crippen LogP contribution < -0.4 is 9.47 Å². The third-order valence-corrected chi connectivity index (χ3v) is 6.27. The fourth-order valence-electron chi connectivity index (χ4n) is 4.21. The van der Waals surface area contributed by atoms with Gasteiger partial charge in [-0.2, -0.15) is 0 Å².